The topological polar surface area (TPSA) is 46.9 Å². The van der Waals surface area contributed by atoms with Crippen molar-refractivity contribution in [2.45, 2.75) is 32.9 Å². The highest BCUT2D eigenvalue weighted by Crippen LogP contribution is 2.20. The number of aromatic nitrogens is 2. The van der Waals surface area contributed by atoms with Crippen LogP contribution in [0.25, 0.3) is 0 Å². The lowest BCUT2D eigenvalue weighted by molar-refractivity contribution is 0.0929. The zero-order chi connectivity index (χ0) is 14.7. The van der Waals surface area contributed by atoms with Gasteiger partial charge in [0.05, 0.1) is 6.04 Å². The Balaban J connectivity index is 2.16. The van der Waals surface area contributed by atoms with E-state index in [1.807, 2.05) is 49.7 Å². The van der Waals surface area contributed by atoms with E-state index in [2.05, 4.69) is 26.2 Å². The second-order valence-corrected chi connectivity index (χ2v) is 5.94. The number of hydrogen-bond donors (Lipinski definition) is 1. The minimum Gasteiger partial charge on any atom is -0.344 e. The lowest BCUT2D eigenvalue weighted by Crippen LogP contribution is -2.29. The molecule has 2 rings (SSSR count). The SMILES string of the molecule is CC(NC(=O)c1cc(Br)cn1C(C)C)c1cccnc1. The summed E-state index contributed by atoms with van der Waals surface area (Å²) in [6.07, 6.45) is 5.41. The molecule has 1 N–H and O–H groups in total. The summed E-state index contributed by atoms with van der Waals surface area (Å²) in [5.41, 5.74) is 1.64. The van der Waals surface area contributed by atoms with E-state index in [1.165, 1.54) is 0 Å². The molecule has 20 heavy (non-hydrogen) atoms. The fraction of sp³-hybridized carbons (Fsp3) is 0.333. The van der Waals surface area contributed by atoms with Gasteiger partial charge in [0.25, 0.3) is 5.91 Å². The Labute approximate surface area is 127 Å². The summed E-state index contributed by atoms with van der Waals surface area (Å²) in [4.78, 5) is 16.5. The van der Waals surface area contributed by atoms with Crippen molar-refractivity contribution in [3.63, 3.8) is 0 Å². The summed E-state index contributed by atoms with van der Waals surface area (Å²) in [6, 6.07) is 5.81. The standard InChI is InChI=1S/C15H18BrN3O/c1-10(2)19-9-13(16)7-14(19)15(20)18-11(3)12-5-4-6-17-8-12/h4-11H,1-3H3,(H,18,20). The van der Waals surface area contributed by atoms with Crippen LogP contribution in [0.2, 0.25) is 0 Å². The van der Waals surface area contributed by atoms with Gasteiger partial charge in [-0.2, -0.15) is 0 Å². The molecule has 0 aliphatic carbocycles. The van der Waals surface area contributed by atoms with E-state index in [0.29, 0.717) is 5.69 Å². The molecule has 2 aromatic heterocycles. The number of nitrogens with zero attached hydrogens (tertiary/aromatic N) is 2. The molecule has 0 aliphatic heterocycles. The molecule has 1 amide bonds. The zero-order valence-corrected chi connectivity index (χ0v) is 13.4. The summed E-state index contributed by atoms with van der Waals surface area (Å²) in [7, 11) is 0. The number of pyridine rings is 1. The van der Waals surface area contributed by atoms with E-state index in [4.69, 9.17) is 0 Å². The third-order valence-corrected chi connectivity index (χ3v) is 3.57. The third kappa shape index (κ3) is 3.28. The minimum absolute atomic E-state index is 0.0783. The van der Waals surface area contributed by atoms with Crippen LogP contribution in [0.15, 0.2) is 41.3 Å². The van der Waals surface area contributed by atoms with Crippen LogP contribution in [0.4, 0.5) is 0 Å². The fourth-order valence-corrected chi connectivity index (χ4v) is 2.48. The number of hydrogen-bond acceptors (Lipinski definition) is 2. The van der Waals surface area contributed by atoms with Crippen LogP contribution in [0.1, 0.15) is 48.9 Å². The van der Waals surface area contributed by atoms with Crippen molar-refractivity contribution in [3.05, 3.63) is 52.5 Å². The first-order valence-corrected chi connectivity index (χ1v) is 7.36. The summed E-state index contributed by atoms with van der Waals surface area (Å²) in [5, 5.41) is 3.00. The maximum atomic E-state index is 12.4. The Morgan fingerprint density at radius 2 is 2.15 bits per heavy atom. The van der Waals surface area contributed by atoms with Gasteiger partial charge in [0.2, 0.25) is 0 Å². The zero-order valence-electron chi connectivity index (χ0n) is 11.8. The first kappa shape index (κ1) is 14.8. The average molecular weight is 336 g/mol. The lowest BCUT2D eigenvalue weighted by atomic mass is 10.1. The van der Waals surface area contributed by atoms with E-state index in [9.17, 15) is 4.79 Å². The summed E-state index contributed by atoms with van der Waals surface area (Å²) in [5.74, 6) is -0.0826. The van der Waals surface area contributed by atoms with Gasteiger partial charge in [-0.3, -0.25) is 9.78 Å². The maximum absolute atomic E-state index is 12.4. The van der Waals surface area contributed by atoms with E-state index in [1.54, 1.807) is 12.4 Å². The Morgan fingerprint density at radius 3 is 2.75 bits per heavy atom. The monoisotopic (exact) mass is 335 g/mol. The normalized spacial score (nSPS) is 12.4. The van der Waals surface area contributed by atoms with Crippen LogP contribution in [0.3, 0.4) is 0 Å². The molecule has 2 heterocycles. The lowest BCUT2D eigenvalue weighted by Gasteiger charge is -2.16. The molecule has 0 saturated carbocycles. The predicted octanol–water partition coefficient (Wildman–Crippen LogP) is 3.72. The number of carbonyl (C=O) groups is 1. The Kier molecular flexibility index (Phi) is 4.60. The molecule has 2 aromatic rings. The molecule has 0 fully saturated rings. The number of halogens is 1. The van der Waals surface area contributed by atoms with Gasteiger partial charge in [-0.15, -0.1) is 0 Å². The minimum atomic E-state index is -0.0826. The van der Waals surface area contributed by atoms with Gasteiger partial charge in [0.1, 0.15) is 5.69 Å². The van der Waals surface area contributed by atoms with Crippen LogP contribution in [0, 0.1) is 0 Å². The molecular formula is C15H18BrN3O. The number of carbonyl (C=O) groups excluding carboxylic acids is 1. The van der Waals surface area contributed by atoms with Crippen molar-refractivity contribution >= 4 is 21.8 Å². The van der Waals surface area contributed by atoms with Gasteiger partial charge >= 0.3 is 0 Å². The Morgan fingerprint density at radius 1 is 1.40 bits per heavy atom. The number of amides is 1. The molecule has 1 atom stereocenters. The van der Waals surface area contributed by atoms with Crippen molar-refractivity contribution in [2.24, 2.45) is 0 Å². The molecule has 0 aromatic carbocycles. The highest BCUT2D eigenvalue weighted by Gasteiger charge is 2.17. The second-order valence-electron chi connectivity index (χ2n) is 5.03. The maximum Gasteiger partial charge on any atom is 0.268 e. The first-order chi connectivity index (χ1) is 9.49. The van der Waals surface area contributed by atoms with Crippen LogP contribution < -0.4 is 5.32 Å². The molecule has 4 nitrogen and oxygen atoms in total. The molecule has 0 radical (unpaired) electrons. The highest BCUT2D eigenvalue weighted by molar-refractivity contribution is 9.10. The van der Waals surface area contributed by atoms with Crippen LogP contribution in [0.5, 0.6) is 0 Å². The van der Waals surface area contributed by atoms with Gasteiger partial charge in [0.15, 0.2) is 0 Å². The van der Waals surface area contributed by atoms with Crippen LogP contribution >= 0.6 is 15.9 Å². The van der Waals surface area contributed by atoms with Crippen LogP contribution in [-0.2, 0) is 0 Å². The molecule has 0 saturated heterocycles. The summed E-state index contributed by atoms with van der Waals surface area (Å²) < 4.78 is 2.86. The van der Waals surface area contributed by atoms with Gasteiger partial charge in [-0.25, -0.2) is 0 Å². The molecular weight excluding hydrogens is 318 g/mol. The number of rotatable bonds is 4. The highest BCUT2D eigenvalue weighted by atomic mass is 79.9. The van der Waals surface area contributed by atoms with Gasteiger partial charge < -0.3 is 9.88 Å². The third-order valence-electron chi connectivity index (χ3n) is 3.14. The molecule has 0 bridgehead atoms. The van der Waals surface area contributed by atoms with Crippen molar-refractivity contribution in [3.8, 4) is 0 Å². The fourth-order valence-electron chi connectivity index (χ4n) is 2.04. The molecule has 0 aliphatic rings. The Hall–Kier alpha value is -1.62. The van der Waals surface area contributed by atoms with E-state index >= 15 is 0 Å². The van der Waals surface area contributed by atoms with Crippen molar-refractivity contribution in [2.75, 3.05) is 0 Å². The van der Waals surface area contributed by atoms with Crippen molar-refractivity contribution in [1.82, 2.24) is 14.9 Å². The summed E-state index contributed by atoms with van der Waals surface area (Å²) >= 11 is 3.42. The summed E-state index contributed by atoms with van der Waals surface area (Å²) in [6.45, 7) is 6.05. The molecule has 106 valence electrons. The van der Waals surface area contributed by atoms with E-state index in [-0.39, 0.29) is 18.0 Å². The second kappa shape index (κ2) is 6.22. The van der Waals surface area contributed by atoms with E-state index in [0.717, 1.165) is 10.0 Å². The number of nitrogens with one attached hydrogen (secondary N) is 1. The van der Waals surface area contributed by atoms with Gasteiger partial charge in [-0.05, 0) is 54.4 Å². The van der Waals surface area contributed by atoms with Gasteiger partial charge in [-0.1, -0.05) is 6.07 Å². The predicted molar refractivity (Wildman–Crippen MR) is 82.6 cm³/mol. The molecule has 1 unspecified atom stereocenters. The smallest absolute Gasteiger partial charge is 0.268 e. The molecule has 5 heteroatoms. The van der Waals surface area contributed by atoms with Crippen molar-refractivity contribution < 1.29 is 4.79 Å². The quantitative estimate of drug-likeness (QED) is 0.925. The largest absolute Gasteiger partial charge is 0.344 e. The van der Waals surface area contributed by atoms with Gasteiger partial charge in [0, 0.05) is 29.1 Å². The van der Waals surface area contributed by atoms with E-state index < -0.39 is 0 Å². The first-order valence-electron chi connectivity index (χ1n) is 6.57. The Bertz CT molecular complexity index is 592. The van der Waals surface area contributed by atoms with Crippen LogP contribution in [-0.4, -0.2) is 15.5 Å². The average Bonchev–Trinajstić information content (AvgIpc) is 2.82. The molecule has 0 spiro atoms. The van der Waals surface area contributed by atoms with Crippen molar-refractivity contribution in [1.29, 1.82) is 0 Å².